The van der Waals surface area contributed by atoms with Crippen LogP contribution in [0.3, 0.4) is 0 Å². The number of rotatable bonds is 5. The zero-order valence-electron chi connectivity index (χ0n) is 10.1. The predicted molar refractivity (Wildman–Crippen MR) is 67.8 cm³/mol. The molecule has 0 saturated carbocycles. The van der Waals surface area contributed by atoms with E-state index in [2.05, 4.69) is 21.0 Å². The maximum atomic E-state index is 5.09. The zero-order valence-corrected chi connectivity index (χ0v) is 10.9. The number of thioether (sulfide) groups is 1. The van der Waals surface area contributed by atoms with Crippen LogP contribution < -0.4 is 9.47 Å². The number of hydrogen-bond donors (Lipinski definition) is 0. The van der Waals surface area contributed by atoms with Gasteiger partial charge in [0, 0.05) is 12.3 Å². The van der Waals surface area contributed by atoms with Gasteiger partial charge in [-0.15, -0.1) is 0 Å². The molecular weight excluding hydrogens is 250 g/mol. The number of methoxy groups -OCH3 is 2. The van der Waals surface area contributed by atoms with Crippen LogP contribution in [0.2, 0.25) is 0 Å². The Morgan fingerprint density at radius 3 is 2.50 bits per heavy atom. The van der Waals surface area contributed by atoms with E-state index in [4.69, 9.17) is 9.47 Å². The molecule has 0 fully saturated rings. The Morgan fingerprint density at radius 2 is 1.94 bits per heavy atom. The third kappa shape index (κ3) is 3.33. The Bertz CT molecular complexity index is 486. The van der Waals surface area contributed by atoms with Crippen molar-refractivity contribution in [2.75, 3.05) is 14.2 Å². The molecule has 0 saturated heterocycles. The van der Waals surface area contributed by atoms with Crippen LogP contribution in [-0.4, -0.2) is 29.2 Å². The smallest absolute Gasteiger partial charge is 0.220 e. The van der Waals surface area contributed by atoms with Gasteiger partial charge in [0.25, 0.3) is 0 Å². The van der Waals surface area contributed by atoms with Crippen molar-refractivity contribution in [2.24, 2.45) is 0 Å². The van der Waals surface area contributed by atoms with E-state index < -0.39 is 0 Å². The highest BCUT2D eigenvalue weighted by molar-refractivity contribution is 7.98. The van der Waals surface area contributed by atoms with Gasteiger partial charge in [0.15, 0.2) is 0 Å². The van der Waals surface area contributed by atoms with Crippen LogP contribution in [0.15, 0.2) is 29.4 Å². The van der Waals surface area contributed by atoms with E-state index in [0.29, 0.717) is 23.3 Å². The molecule has 5 nitrogen and oxygen atoms in total. The first kappa shape index (κ1) is 12.6. The molecule has 0 spiro atoms. The third-order valence-electron chi connectivity index (χ3n) is 2.08. The number of ether oxygens (including phenoxy) is 2. The highest BCUT2D eigenvalue weighted by Crippen LogP contribution is 2.21. The van der Waals surface area contributed by atoms with Gasteiger partial charge in [0.1, 0.15) is 5.82 Å². The average Bonchev–Trinajstić information content (AvgIpc) is 2.45. The van der Waals surface area contributed by atoms with Gasteiger partial charge in [-0.05, 0) is 6.07 Å². The fourth-order valence-electron chi connectivity index (χ4n) is 1.25. The van der Waals surface area contributed by atoms with Gasteiger partial charge >= 0.3 is 0 Å². The van der Waals surface area contributed by atoms with Gasteiger partial charge in [-0.2, -0.15) is 9.97 Å². The molecule has 18 heavy (non-hydrogen) atoms. The minimum absolute atomic E-state index is 0.492. The molecule has 2 aromatic heterocycles. The molecule has 0 amide bonds. The summed E-state index contributed by atoms with van der Waals surface area (Å²) in [6, 6.07) is 8.23. The summed E-state index contributed by atoms with van der Waals surface area (Å²) in [4.78, 5) is 12.7. The highest BCUT2D eigenvalue weighted by Gasteiger charge is 2.06. The molecular formula is C12H12N3O2S. The summed E-state index contributed by atoms with van der Waals surface area (Å²) < 4.78 is 10.2. The predicted octanol–water partition coefficient (Wildman–Crippen LogP) is 1.98. The molecule has 0 bridgehead atoms. The van der Waals surface area contributed by atoms with Gasteiger partial charge in [0.05, 0.1) is 31.1 Å². The third-order valence-corrected chi connectivity index (χ3v) is 3.02. The standard InChI is InChI=1S/C12H12N3O2S/c1-16-10-7-11(17-2)15-9(14-10)8-18-12-5-3-4-6-13-12/h3,5-7H,8H2,1-2H3. The van der Waals surface area contributed by atoms with Crippen LogP contribution in [0, 0.1) is 6.07 Å². The number of aromatic nitrogens is 3. The molecule has 0 aromatic carbocycles. The molecule has 0 atom stereocenters. The van der Waals surface area contributed by atoms with Crippen LogP contribution in [0.1, 0.15) is 5.82 Å². The molecule has 0 aliphatic carbocycles. The van der Waals surface area contributed by atoms with Crippen molar-refractivity contribution >= 4 is 11.8 Å². The van der Waals surface area contributed by atoms with Crippen molar-refractivity contribution < 1.29 is 9.47 Å². The molecule has 0 aliphatic rings. The molecule has 0 aliphatic heterocycles. The fourth-order valence-corrected chi connectivity index (χ4v) is 1.95. The molecule has 0 unspecified atom stereocenters. The minimum atomic E-state index is 0.492. The van der Waals surface area contributed by atoms with Crippen molar-refractivity contribution in [3.05, 3.63) is 36.3 Å². The Labute approximate surface area is 110 Å². The van der Waals surface area contributed by atoms with E-state index >= 15 is 0 Å². The summed E-state index contributed by atoms with van der Waals surface area (Å²) in [6.07, 6.45) is 1.63. The molecule has 2 rings (SSSR count). The summed E-state index contributed by atoms with van der Waals surface area (Å²) >= 11 is 1.54. The lowest BCUT2D eigenvalue weighted by Crippen LogP contribution is -1.99. The molecule has 2 aromatic rings. The second-order valence-corrected chi connectivity index (χ2v) is 4.25. The fraction of sp³-hybridized carbons (Fsp3) is 0.250. The molecule has 2 heterocycles. The van der Waals surface area contributed by atoms with Crippen molar-refractivity contribution in [2.45, 2.75) is 10.8 Å². The number of pyridine rings is 1. The Hall–Kier alpha value is -1.82. The normalized spacial score (nSPS) is 10.1. The quantitative estimate of drug-likeness (QED) is 0.768. The first-order chi connectivity index (χ1) is 8.81. The van der Waals surface area contributed by atoms with Crippen molar-refractivity contribution in [1.29, 1.82) is 0 Å². The lowest BCUT2D eigenvalue weighted by Gasteiger charge is -2.05. The van der Waals surface area contributed by atoms with Crippen molar-refractivity contribution in [3.63, 3.8) is 0 Å². The van der Waals surface area contributed by atoms with Crippen molar-refractivity contribution in [3.8, 4) is 11.8 Å². The van der Waals surface area contributed by atoms with Gasteiger partial charge < -0.3 is 9.47 Å². The van der Waals surface area contributed by atoms with Crippen LogP contribution in [0.4, 0.5) is 0 Å². The summed E-state index contributed by atoms with van der Waals surface area (Å²) in [5, 5.41) is 0.902. The lowest BCUT2D eigenvalue weighted by molar-refractivity contribution is 0.369. The lowest BCUT2D eigenvalue weighted by atomic mass is 10.5. The summed E-state index contributed by atoms with van der Waals surface area (Å²) in [7, 11) is 3.13. The van der Waals surface area contributed by atoms with Crippen molar-refractivity contribution in [1.82, 2.24) is 15.0 Å². The Morgan fingerprint density at radius 1 is 1.22 bits per heavy atom. The van der Waals surface area contributed by atoms with E-state index in [1.54, 1.807) is 38.2 Å². The van der Waals surface area contributed by atoms with Gasteiger partial charge in [-0.1, -0.05) is 17.8 Å². The van der Waals surface area contributed by atoms with Crippen LogP contribution in [-0.2, 0) is 5.75 Å². The minimum Gasteiger partial charge on any atom is -0.481 e. The highest BCUT2D eigenvalue weighted by atomic mass is 32.2. The van der Waals surface area contributed by atoms with Crippen LogP contribution in [0.5, 0.6) is 11.8 Å². The molecule has 1 radical (unpaired) electrons. The zero-order chi connectivity index (χ0) is 12.8. The molecule has 0 N–H and O–H groups in total. The van der Waals surface area contributed by atoms with E-state index in [1.165, 1.54) is 0 Å². The van der Waals surface area contributed by atoms with Crippen LogP contribution in [0.25, 0.3) is 0 Å². The van der Waals surface area contributed by atoms with Gasteiger partial charge in [-0.25, -0.2) is 4.98 Å². The average molecular weight is 262 g/mol. The largest absolute Gasteiger partial charge is 0.481 e. The van der Waals surface area contributed by atoms with Gasteiger partial charge in [-0.3, -0.25) is 0 Å². The second kappa shape index (κ2) is 6.20. The second-order valence-electron chi connectivity index (χ2n) is 3.25. The van der Waals surface area contributed by atoms with Gasteiger partial charge in [0.2, 0.25) is 11.8 Å². The summed E-state index contributed by atoms with van der Waals surface area (Å²) in [6.45, 7) is 0. The maximum absolute atomic E-state index is 5.09. The molecule has 6 heteroatoms. The van der Waals surface area contributed by atoms with E-state index in [-0.39, 0.29) is 0 Å². The van der Waals surface area contributed by atoms with Crippen LogP contribution >= 0.6 is 11.8 Å². The first-order valence-electron chi connectivity index (χ1n) is 5.22. The summed E-state index contributed by atoms with van der Waals surface area (Å²) in [5.41, 5.74) is 0. The first-order valence-corrected chi connectivity index (χ1v) is 6.21. The van der Waals surface area contributed by atoms with E-state index in [0.717, 1.165) is 5.03 Å². The molecule has 93 valence electrons. The Kier molecular flexibility index (Phi) is 4.35. The number of hydrogen-bond acceptors (Lipinski definition) is 6. The summed E-state index contributed by atoms with van der Waals surface area (Å²) in [5.74, 6) is 2.23. The van der Waals surface area contributed by atoms with E-state index in [9.17, 15) is 0 Å². The van der Waals surface area contributed by atoms with E-state index in [1.807, 2.05) is 12.1 Å². The monoisotopic (exact) mass is 262 g/mol. The topological polar surface area (TPSA) is 57.1 Å². The SMILES string of the molecule is COc1cc(OC)nc(CSc2cc[c]cn2)n1. The maximum Gasteiger partial charge on any atom is 0.220 e. The Balaban J connectivity index is 2.09. The number of nitrogens with zero attached hydrogens (tertiary/aromatic N) is 3.